The first-order valence-electron chi connectivity index (χ1n) is 10.0. The van der Waals surface area contributed by atoms with Crippen molar-refractivity contribution in [2.24, 2.45) is 12.0 Å². The highest BCUT2D eigenvalue weighted by Gasteiger charge is 2.45. The standard InChI is InChI=1S/C19H33N7O2.HI/c1-12-23-24-16(25(12)6)11-21-17(20-5)22-13-9-14-7-8-15(10-13)26(14)18(27)28-19(2,3)4;/h13-15H,7-11H2,1-6H3,(H2,20,21,22);1H. The van der Waals surface area contributed by atoms with E-state index in [0.29, 0.717) is 6.54 Å². The number of carbonyl (C=O) groups is 1. The Morgan fingerprint density at radius 2 is 1.86 bits per heavy atom. The van der Waals surface area contributed by atoms with Crippen molar-refractivity contribution < 1.29 is 9.53 Å². The number of fused-ring (bicyclic) bond motifs is 2. The van der Waals surface area contributed by atoms with Gasteiger partial charge in [0.25, 0.3) is 0 Å². The number of hydrogen-bond acceptors (Lipinski definition) is 5. The number of aromatic nitrogens is 3. The Morgan fingerprint density at radius 1 is 1.24 bits per heavy atom. The average molecular weight is 519 g/mol. The molecule has 2 fully saturated rings. The van der Waals surface area contributed by atoms with E-state index in [4.69, 9.17) is 4.74 Å². The van der Waals surface area contributed by atoms with Crippen molar-refractivity contribution in [1.82, 2.24) is 30.3 Å². The lowest BCUT2D eigenvalue weighted by Crippen LogP contribution is -2.54. The second-order valence-corrected chi connectivity index (χ2v) is 8.73. The second-order valence-electron chi connectivity index (χ2n) is 8.73. The lowest BCUT2D eigenvalue weighted by Gasteiger charge is -2.40. The maximum absolute atomic E-state index is 12.6. The lowest BCUT2D eigenvalue weighted by atomic mass is 9.98. The molecular formula is C19H34IN7O2. The number of nitrogens with one attached hydrogen (secondary N) is 2. The number of aliphatic imine (C=N–C) groups is 1. The molecule has 9 nitrogen and oxygen atoms in total. The summed E-state index contributed by atoms with van der Waals surface area (Å²) in [4.78, 5) is 18.9. The van der Waals surface area contributed by atoms with Crippen LogP contribution in [0.1, 0.15) is 58.1 Å². The highest BCUT2D eigenvalue weighted by Crippen LogP contribution is 2.36. The molecule has 3 rings (SSSR count). The van der Waals surface area contributed by atoms with E-state index in [1.165, 1.54) is 0 Å². The minimum Gasteiger partial charge on any atom is -0.444 e. The number of carbonyl (C=O) groups excluding carboxylic acids is 1. The molecule has 3 heterocycles. The SMILES string of the molecule is CN=C(NCc1nnc(C)n1C)NC1CC2CCC(C1)N2C(=O)OC(C)(C)C.I. The summed E-state index contributed by atoms with van der Waals surface area (Å²) in [7, 11) is 3.72. The minimum atomic E-state index is -0.463. The van der Waals surface area contributed by atoms with E-state index >= 15 is 0 Å². The zero-order valence-electron chi connectivity index (χ0n) is 18.2. The molecule has 0 radical (unpaired) electrons. The van der Waals surface area contributed by atoms with Crippen LogP contribution in [-0.4, -0.2) is 62.5 Å². The van der Waals surface area contributed by atoms with Gasteiger partial charge in [-0.3, -0.25) is 4.99 Å². The van der Waals surface area contributed by atoms with Gasteiger partial charge in [-0.25, -0.2) is 4.79 Å². The number of hydrogen-bond donors (Lipinski definition) is 2. The van der Waals surface area contributed by atoms with Crippen LogP contribution in [0.3, 0.4) is 0 Å². The molecule has 2 saturated heterocycles. The normalized spacial score (nSPS) is 24.1. The van der Waals surface area contributed by atoms with E-state index in [0.717, 1.165) is 43.3 Å². The zero-order chi connectivity index (χ0) is 20.5. The third-order valence-electron chi connectivity index (χ3n) is 5.50. The van der Waals surface area contributed by atoms with Gasteiger partial charge in [0.05, 0.1) is 6.54 Å². The molecule has 10 heteroatoms. The van der Waals surface area contributed by atoms with Gasteiger partial charge in [-0.1, -0.05) is 0 Å². The highest BCUT2D eigenvalue weighted by molar-refractivity contribution is 14.0. The molecule has 0 aliphatic carbocycles. The van der Waals surface area contributed by atoms with Crippen LogP contribution in [0, 0.1) is 6.92 Å². The molecule has 0 saturated carbocycles. The molecule has 0 aromatic carbocycles. The summed E-state index contributed by atoms with van der Waals surface area (Å²) in [5.74, 6) is 2.49. The summed E-state index contributed by atoms with van der Waals surface area (Å²) in [5.41, 5.74) is -0.463. The number of amides is 1. The fraction of sp³-hybridized carbons (Fsp3) is 0.789. The van der Waals surface area contributed by atoms with Crippen molar-refractivity contribution in [1.29, 1.82) is 0 Å². The van der Waals surface area contributed by atoms with Crippen LogP contribution in [0.4, 0.5) is 4.79 Å². The van der Waals surface area contributed by atoms with Crippen molar-refractivity contribution in [2.45, 2.75) is 83.6 Å². The lowest BCUT2D eigenvalue weighted by molar-refractivity contribution is 0.00545. The van der Waals surface area contributed by atoms with E-state index in [-0.39, 0.29) is 48.2 Å². The second kappa shape index (κ2) is 9.48. The van der Waals surface area contributed by atoms with E-state index in [9.17, 15) is 4.79 Å². The monoisotopic (exact) mass is 519 g/mol. The Kier molecular flexibility index (Phi) is 7.74. The Bertz CT molecular complexity index is 729. The Morgan fingerprint density at radius 3 is 2.34 bits per heavy atom. The Labute approximate surface area is 190 Å². The van der Waals surface area contributed by atoms with Gasteiger partial charge in [0, 0.05) is 32.2 Å². The molecule has 1 aromatic heterocycles. The van der Waals surface area contributed by atoms with Crippen LogP contribution in [0.5, 0.6) is 0 Å². The van der Waals surface area contributed by atoms with Gasteiger partial charge in [-0.15, -0.1) is 34.2 Å². The molecule has 2 atom stereocenters. The van der Waals surface area contributed by atoms with Gasteiger partial charge in [0.2, 0.25) is 0 Å². The Balaban J connectivity index is 0.00000300. The van der Waals surface area contributed by atoms with Crippen molar-refractivity contribution in [3.05, 3.63) is 11.6 Å². The quantitative estimate of drug-likeness (QED) is 0.362. The van der Waals surface area contributed by atoms with E-state index in [2.05, 4.69) is 25.8 Å². The summed E-state index contributed by atoms with van der Waals surface area (Å²) in [6.45, 7) is 8.22. The molecule has 2 unspecified atom stereocenters. The third-order valence-corrected chi connectivity index (χ3v) is 5.50. The average Bonchev–Trinajstić information content (AvgIpc) is 3.07. The topological polar surface area (TPSA) is 96.7 Å². The molecule has 1 aromatic rings. The number of aryl methyl sites for hydroxylation is 1. The van der Waals surface area contributed by atoms with E-state index in [1.807, 2.05) is 44.2 Å². The molecule has 2 bridgehead atoms. The number of nitrogens with zero attached hydrogens (tertiary/aromatic N) is 5. The molecule has 164 valence electrons. The molecule has 29 heavy (non-hydrogen) atoms. The van der Waals surface area contributed by atoms with Gasteiger partial charge < -0.3 is 24.8 Å². The van der Waals surface area contributed by atoms with Gasteiger partial charge in [0.15, 0.2) is 11.8 Å². The molecular weight excluding hydrogens is 485 g/mol. The summed E-state index contributed by atoms with van der Waals surface area (Å²) in [6.07, 6.45) is 3.69. The van der Waals surface area contributed by atoms with Crippen molar-refractivity contribution in [3.8, 4) is 0 Å². The first kappa shape index (κ1) is 23.7. The minimum absolute atomic E-state index is 0. The van der Waals surface area contributed by atoms with Crippen LogP contribution in [0.25, 0.3) is 0 Å². The summed E-state index contributed by atoms with van der Waals surface area (Å²) < 4.78 is 7.57. The molecule has 2 aliphatic rings. The molecule has 1 amide bonds. The fourth-order valence-corrected chi connectivity index (χ4v) is 4.06. The number of rotatable bonds is 3. The van der Waals surface area contributed by atoms with Crippen molar-refractivity contribution in [3.63, 3.8) is 0 Å². The van der Waals surface area contributed by atoms with E-state index in [1.54, 1.807) is 7.05 Å². The molecule has 2 N–H and O–H groups in total. The highest BCUT2D eigenvalue weighted by atomic mass is 127. The number of ether oxygens (including phenoxy) is 1. The Hall–Kier alpha value is -1.59. The van der Waals surface area contributed by atoms with E-state index < -0.39 is 5.60 Å². The fourth-order valence-electron chi connectivity index (χ4n) is 4.06. The predicted octanol–water partition coefficient (Wildman–Crippen LogP) is 2.34. The predicted molar refractivity (Wildman–Crippen MR) is 122 cm³/mol. The van der Waals surface area contributed by atoms with Gasteiger partial charge in [-0.2, -0.15) is 0 Å². The first-order valence-corrected chi connectivity index (χ1v) is 10.0. The summed E-state index contributed by atoms with van der Waals surface area (Å²) >= 11 is 0. The van der Waals surface area contributed by atoms with Crippen molar-refractivity contribution in [2.75, 3.05) is 7.05 Å². The van der Waals surface area contributed by atoms with Crippen molar-refractivity contribution >= 4 is 36.0 Å². The summed E-state index contributed by atoms with van der Waals surface area (Å²) in [5, 5.41) is 15.1. The third kappa shape index (κ3) is 5.73. The maximum atomic E-state index is 12.6. The largest absolute Gasteiger partial charge is 0.444 e. The number of halogens is 1. The first-order chi connectivity index (χ1) is 13.2. The van der Waals surface area contributed by atoms with Crippen LogP contribution in [0.2, 0.25) is 0 Å². The van der Waals surface area contributed by atoms with Gasteiger partial charge in [0.1, 0.15) is 11.4 Å². The number of piperidine rings is 1. The van der Waals surface area contributed by atoms with Crippen LogP contribution < -0.4 is 10.6 Å². The van der Waals surface area contributed by atoms with Crippen LogP contribution in [0.15, 0.2) is 4.99 Å². The number of guanidine groups is 1. The maximum Gasteiger partial charge on any atom is 0.410 e. The van der Waals surface area contributed by atoms with Gasteiger partial charge in [-0.05, 0) is 53.4 Å². The zero-order valence-corrected chi connectivity index (χ0v) is 20.6. The summed E-state index contributed by atoms with van der Waals surface area (Å²) in [6, 6.07) is 0.736. The van der Waals surface area contributed by atoms with Crippen LogP contribution >= 0.6 is 24.0 Å². The molecule has 0 spiro atoms. The van der Waals surface area contributed by atoms with Crippen LogP contribution in [-0.2, 0) is 18.3 Å². The van der Waals surface area contributed by atoms with Gasteiger partial charge >= 0.3 is 6.09 Å². The smallest absolute Gasteiger partial charge is 0.410 e. The molecule has 2 aliphatic heterocycles.